The average Bonchev–Trinajstić information content (AvgIpc) is 1.54. The number of para-hydroxylation sites is 3. The van der Waals surface area contributed by atoms with Gasteiger partial charge in [0.15, 0.2) is 0 Å². The van der Waals surface area contributed by atoms with Gasteiger partial charge in [-0.1, -0.05) is 211 Å². The lowest BCUT2D eigenvalue weighted by molar-refractivity contribution is 0.487. The molecule has 20 rings (SSSR count). The molecule has 0 amide bonds. The number of furan rings is 2. The predicted molar refractivity (Wildman–Crippen MR) is 459 cm³/mol. The van der Waals surface area contributed by atoms with Crippen molar-refractivity contribution < 1.29 is 13.6 Å². The van der Waals surface area contributed by atoms with Crippen LogP contribution in [0.3, 0.4) is 0 Å². The first-order valence-corrected chi connectivity index (χ1v) is 36.0. The minimum Gasteiger partial charge on any atom is -0.458 e. The Bertz CT molecular complexity index is 6640. The molecule has 0 unspecified atom stereocenters. The van der Waals surface area contributed by atoms with Crippen LogP contribution in [0.25, 0.3) is 143 Å². The van der Waals surface area contributed by atoms with E-state index in [0.717, 1.165) is 156 Å². The Balaban J connectivity index is 0.900. The normalized spacial score (nSPS) is 12.8. The quantitative estimate of drug-likeness (QED) is 0.155. The highest BCUT2D eigenvalue weighted by atomic mass is 16.5. The van der Waals surface area contributed by atoms with Crippen LogP contribution in [0.15, 0.2) is 252 Å². The second kappa shape index (κ2) is 22.4. The summed E-state index contributed by atoms with van der Waals surface area (Å²) in [7, 11) is 18.6. The average molecular weight is 1310 g/mol. The van der Waals surface area contributed by atoms with Crippen molar-refractivity contribution in [3.63, 3.8) is 0 Å². The Kier molecular flexibility index (Phi) is 13.4. The predicted octanol–water partition coefficient (Wildman–Crippen LogP) is 7.51. The maximum absolute atomic E-state index is 7.77. The number of benzene rings is 13. The first-order chi connectivity index (χ1) is 50.1. The molecular weight excluding hydrogens is 1250 g/mol. The molecule has 0 bridgehead atoms. The zero-order valence-electron chi connectivity index (χ0n) is 59.7. The monoisotopic (exact) mass is 1310 g/mol. The van der Waals surface area contributed by atoms with Crippen molar-refractivity contribution in [2.75, 3.05) is 4.90 Å². The molecule has 0 N–H and O–H groups in total. The van der Waals surface area contributed by atoms with Crippen molar-refractivity contribution >= 4 is 234 Å². The highest BCUT2D eigenvalue weighted by Crippen LogP contribution is 2.52. The van der Waals surface area contributed by atoms with Gasteiger partial charge < -0.3 is 27.6 Å². The van der Waals surface area contributed by atoms with Crippen LogP contribution in [0.1, 0.15) is 26.3 Å². The SMILES string of the molecule is Bc1c(B)c(B)c2c(c1B)c1c(B)c(B)c(B)c(B)c1n2-c1ccc2c(c1)N(c1ccc(C(C)(C)C)cc1-c1ccccc1)c1cc(-c3cccc4c3oc3cc(-c5ccccc5-c5ccccc5)c5oc6ccccc6c5c34)cc3c1B2c1ccc(-n2c4ccccc4c4ccncc42)cc1O3. The largest absolute Gasteiger partial charge is 0.458 e. The van der Waals surface area contributed by atoms with Crippen molar-refractivity contribution in [2.24, 2.45) is 0 Å². The molecule has 0 aliphatic carbocycles. The Morgan fingerprint density at radius 3 is 1.70 bits per heavy atom. The molecule has 0 fully saturated rings. The lowest BCUT2D eigenvalue weighted by Crippen LogP contribution is -2.59. The van der Waals surface area contributed by atoms with Crippen LogP contribution in [0.2, 0.25) is 0 Å². The number of fused-ring (bicyclic) bond motifs is 17. The molecule has 5 aromatic heterocycles. The van der Waals surface area contributed by atoms with E-state index in [1.807, 2.05) is 12.4 Å². The van der Waals surface area contributed by atoms with Crippen molar-refractivity contribution in [3.8, 4) is 67.4 Å². The van der Waals surface area contributed by atoms with E-state index in [-0.39, 0.29) is 12.1 Å². The molecule has 18 aromatic rings. The lowest BCUT2D eigenvalue weighted by atomic mass is 9.34. The fourth-order valence-corrected chi connectivity index (χ4v) is 17.9. The Labute approximate surface area is 604 Å². The maximum atomic E-state index is 7.77. The number of pyridine rings is 1. The first kappa shape index (κ1) is 61.3. The number of hydrogen-bond donors (Lipinski definition) is 0. The van der Waals surface area contributed by atoms with Gasteiger partial charge in [0.1, 0.15) is 96.6 Å². The number of anilines is 3. The molecule has 0 spiro atoms. The fourth-order valence-electron chi connectivity index (χ4n) is 17.9. The second-order valence-corrected chi connectivity index (χ2v) is 29.9. The Hall–Kier alpha value is -11.6. The van der Waals surface area contributed by atoms with Gasteiger partial charge in [-0.25, -0.2) is 0 Å². The van der Waals surface area contributed by atoms with E-state index in [4.69, 9.17) is 18.6 Å². The van der Waals surface area contributed by atoms with Crippen LogP contribution < -0.4 is 69.7 Å². The molecule has 7 nitrogen and oxygen atoms in total. The van der Waals surface area contributed by atoms with Gasteiger partial charge in [-0.15, -0.1) is 10.9 Å². The maximum Gasteiger partial charge on any atom is 0.256 e. The minimum atomic E-state index is -0.256. The molecule has 16 heteroatoms. The molecule has 103 heavy (non-hydrogen) atoms. The molecule has 0 saturated carbocycles. The van der Waals surface area contributed by atoms with E-state index < -0.39 is 0 Å². The molecule has 13 aromatic carbocycles. The summed E-state index contributed by atoms with van der Waals surface area (Å²) in [6, 6.07) is 84.5. The molecule has 0 radical (unpaired) electrons. The van der Waals surface area contributed by atoms with Crippen LogP contribution >= 0.6 is 0 Å². The molecular formula is C87H65B9N4O3. The van der Waals surface area contributed by atoms with Gasteiger partial charge in [0.25, 0.3) is 6.71 Å². The molecule has 478 valence electrons. The van der Waals surface area contributed by atoms with Gasteiger partial charge in [0.2, 0.25) is 0 Å². The highest BCUT2D eigenvalue weighted by Gasteiger charge is 2.44. The third-order valence-corrected chi connectivity index (χ3v) is 23.7. The van der Waals surface area contributed by atoms with E-state index in [1.54, 1.807) is 0 Å². The molecule has 0 saturated heterocycles. The number of rotatable bonds is 7. The number of ether oxygens (including phenoxy) is 1. The molecule has 0 atom stereocenters. The summed E-state index contributed by atoms with van der Waals surface area (Å²) in [6.45, 7) is 6.69. The summed E-state index contributed by atoms with van der Waals surface area (Å²) in [6.07, 6.45) is 3.88. The summed E-state index contributed by atoms with van der Waals surface area (Å²) < 4.78 is 27.4. The van der Waals surface area contributed by atoms with Crippen molar-refractivity contribution in [2.45, 2.75) is 26.2 Å². The first-order valence-electron chi connectivity index (χ1n) is 36.0. The highest BCUT2D eigenvalue weighted by molar-refractivity contribution is 6.99. The van der Waals surface area contributed by atoms with Gasteiger partial charge in [0.05, 0.1) is 22.9 Å². The van der Waals surface area contributed by atoms with Gasteiger partial charge >= 0.3 is 0 Å². The minimum absolute atomic E-state index is 0.146. The third-order valence-electron chi connectivity index (χ3n) is 23.7. The van der Waals surface area contributed by atoms with Crippen LogP contribution in [0, 0.1) is 0 Å². The van der Waals surface area contributed by atoms with Gasteiger partial charge in [0, 0.05) is 95.1 Å². The Morgan fingerprint density at radius 1 is 0.369 bits per heavy atom. The molecule has 7 heterocycles. The smallest absolute Gasteiger partial charge is 0.256 e. The van der Waals surface area contributed by atoms with Crippen LogP contribution in [0.5, 0.6) is 11.5 Å². The van der Waals surface area contributed by atoms with Gasteiger partial charge in [-0.05, 0) is 133 Å². The summed E-state index contributed by atoms with van der Waals surface area (Å²) in [5, 5.41) is 9.07. The van der Waals surface area contributed by atoms with Crippen molar-refractivity contribution in [1.29, 1.82) is 0 Å². The van der Waals surface area contributed by atoms with E-state index in [1.165, 1.54) is 81.9 Å². The fraction of sp³-hybridized carbons (Fsp3) is 0.0460. The number of nitrogens with zero attached hydrogens (tertiary/aromatic N) is 4. The summed E-state index contributed by atoms with van der Waals surface area (Å²) in [5.41, 5.74) is 36.7. The van der Waals surface area contributed by atoms with E-state index in [9.17, 15) is 0 Å². The second-order valence-electron chi connectivity index (χ2n) is 29.9. The van der Waals surface area contributed by atoms with Crippen LogP contribution in [-0.4, -0.2) is 83.6 Å². The molecule has 2 aliphatic rings. The lowest BCUT2D eigenvalue weighted by Gasteiger charge is -2.41. The third kappa shape index (κ3) is 8.79. The topological polar surface area (TPSA) is 61.5 Å². The zero-order chi connectivity index (χ0) is 69.7. The van der Waals surface area contributed by atoms with Gasteiger partial charge in [-0.2, -0.15) is 0 Å². The Morgan fingerprint density at radius 2 is 0.971 bits per heavy atom. The van der Waals surface area contributed by atoms with Gasteiger partial charge in [-0.3, -0.25) is 4.98 Å². The van der Waals surface area contributed by atoms with E-state index in [0.29, 0.717) is 0 Å². The van der Waals surface area contributed by atoms with E-state index >= 15 is 0 Å². The standard InChI is InChI=1S/C87H65B9N4O3/c1-87(2,3)47-29-34-62(57(39-47)45-19-8-5-9-20-45)100-63-40-48(99-83-72(74(88)76(90)78(92)80(83)94)73-75(89)77(91)79(93)81(95)84(73)99)30-32-59(63)96-60-33-31-49(98-61-27-14-12-23-53(61)54-35-36-97-43-65(54)98)41-67(60)101-69-38-46(37-64(100)82(69)96)51-25-16-26-56-70-68(103-85(51)56)42-58(86-71(70)55-24-13-15-28-66(55)102-86)52-22-11-10-21-50(52)44-17-6-4-7-18-44/h4-43H,88-95H2,1-3H3. The summed E-state index contributed by atoms with van der Waals surface area (Å²) in [5.74, 6) is 1.58. The van der Waals surface area contributed by atoms with Crippen LogP contribution in [0.4, 0.5) is 17.1 Å². The van der Waals surface area contributed by atoms with Crippen molar-refractivity contribution in [3.05, 3.63) is 248 Å². The summed E-state index contributed by atoms with van der Waals surface area (Å²) in [4.78, 5) is 7.30. The summed E-state index contributed by atoms with van der Waals surface area (Å²) >= 11 is 0. The number of hydrogen-bond acceptors (Lipinski definition) is 5. The van der Waals surface area contributed by atoms with E-state index in [2.05, 4.69) is 328 Å². The van der Waals surface area contributed by atoms with Crippen molar-refractivity contribution in [1.82, 2.24) is 14.1 Å². The van der Waals surface area contributed by atoms with Crippen LogP contribution in [-0.2, 0) is 5.41 Å². The zero-order valence-corrected chi connectivity index (χ0v) is 59.7. The number of aromatic nitrogens is 3. The molecule has 2 aliphatic heterocycles.